The Morgan fingerprint density at radius 1 is 1.10 bits per heavy atom. The number of nitrogens with zero attached hydrogens (tertiary/aromatic N) is 2. The number of ether oxygens (including phenoxy) is 2. The van der Waals surface area contributed by atoms with E-state index in [2.05, 4.69) is 20.2 Å². The van der Waals surface area contributed by atoms with Crippen LogP contribution in [-0.2, 0) is 0 Å². The van der Waals surface area contributed by atoms with E-state index in [1.54, 1.807) is 24.3 Å². The predicted molar refractivity (Wildman–Crippen MR) is 120 cm³/mol. The van der Waals surface area contributed by atoms with Gasteiger partial charge in [-0.1, -0.05) is 11.6 Å². The van der Waals surface area contributed by atoms with Gasteiger partial charge in [0, 0.05) is 22.4 Å². The van der Waals surface area contributed by atoms with Gasteiger partial charge in [-0.2, -0.15) is 10.2 Å². The van der Waals surface area contributed by atoms with Crippen LogP contribution in [0, 0.1) is 10.7 Å². The van der Waals surface area contributed by atoms with Gasteiger partial charge in [0.1, 0.15) is 11.4 Å². The molecule has 2 aromatic carbocycles. The summed E-state index contributed by atoms with van der Waals surface area (Å²) in [6.45, 7) is 4.42. The van der Waals surface area contributed by atoms with Crippen molar-refractivity contribution in [3.63, 3.8) is 0 Å². The Bertz CT molecular complexity index is 1310. The summed E-state index contributed by atoms with van der Waals surface area (Å²) in [5.41, 5.74) is 1.92. The summed E-state index contributed by atoms with van der Waals surface area (Å²) in [6.07, 6.45) is 0. The summed E-state index contributed by atoms with van der Waals surface area (Å²) >= 11 is 11.1. The van der Waals surface area contributed by atoms with E-state index in [1.165, 1.54) is 0 Å². The van der Waals surface area contributed by atoms with Gasteiger partial charge in [0.2, 0.25) is 5.88 Å². The van der Waals surface area contributed by atoms with Gasteiger partial charge in [0.05, 0.1) is 23.5 Å². The van der Waals surface area contributed by atoms with Crippen molar-refractivity contribution in [2.24, 2.45) is 16.1 Å². The van der Waals surface area contributed by atoms with Crippen LogP contribution in [0.5, 0.6) is 11.6 Å². The fourth-order valence-electron chi connectivity index (χ4n) is 4.22. The van der Waals surface area contributed by atoms with Gasteiger partial charge < -0.3 is 14.5 Å². The molecule has 0 radical (unpaired) electrons. The maximum absolute atomic E-state index is 12.9. The second kappa shape index (κ2) is 7.32. The van der Waals surface area contributed by atoms with Gasteiger partial charge in [0.25, 0.3) is 5.56 Å². The van der Waals surface area contributed by atoms with E-state index in [0.29, 0.717) is 34.4 Å². The normalized spacial score (nSPS) is 20.9. The lowest BCUT2D eigenvalue weighted by Gasteiger charge is -2.46. The second-order valence-corrected chi connectivity index (χ2v) is 8.99. The number of benzene rings is 2. The topological polar surface area (TPSA) is 91.8 Å². The van der Waals surface area contributed by atoms with Gasteiger partial charge in [-0.25, -0.2) is 0 Å². The van der Waals surface area contributed by atoms with Gasteiger partial charge in [0.15, 0.2) is 4.77 Å². The highest BCUT2D eigenvalue weighted by Crippen LogP contribution is 2.51. The van der Waals surface area contributed by atoms with Gasteiger partial charge in [-0.3, -0.25) is 9.78 Å². The number of azo groups is 1. The molecule has 31 heavy (non-hydrogen) atoms. The van der Waals surface area contributed by atoms with E-state index >= 15 is 0 Å². The summed E-state index contributed by atoms with van der Waals surface area (Å²) < 4.78 is 12.4. The molecule has 9 heteroatoms. The van der Waals surface area contributed by atoms with E-state index in [9.17, 15) is 4.79 Å². The van der Waals surface area contributed by atoms with Crippen LogP contribution in [0.3, 0.4) is 0 Å². The average molecular weight is 455 g/mol. The molecule has 1 aromatic heterocycles. The largest absolute Gasteiger partial charge is 0.493 e. The van der Waals surface area contributed by atoms with Gasteiger partial charge in [-0.15, -0.1) is 0 Å². The molecular formula is C22H19ClN4O3S. The molecule has 3 aromatic rings. The Balaban J connectivity index is 1.62. The standard InChI is InChI=1S/C22H19ClN4O3S/c1-22(2)15-10-29-16-8-7-13(27-26-12-5-3-11(23)4-6-12)9-14(16)17(15)18-19(28)24-21(31)25-20(18)30-22/h3-9,15,17H,10H2,1-2H3,(H2,24,25,28,31)/t15-,17+/m1/s1. The number of hydrogen-bond acceptors (Lipinski definition) is 6. The van der Waals surface area contributed by atoms with E-state index in [4.69, 9.17) is 33.3 Å². The van der Waals surface area contributed by atoms with Crippen molar-refractivity contribution >= 4 is 35.2 Å². The molecule has 2 aliphatic heterocycles. The number of hydrogen-bond donors (Lipinski definition) is 2. The number of H-pyrrole nitrogens is 2. The molecule has 0 bridgehead atoms. The highest BCUT2D eigenvalue weighted by atomic mass is 35.5. The molecule has 158 valence electrons. The van der Waals surface area contributed by atoms with E-state index in [-0.39, 0.29) is 22.2 Å². The molecule has 3 heterocycles. The second-order valence-electron chi connectivity index (χ2n) is 8.15. The molecule has 2 atom stereocenters. The van der Waals surface area contributed by atoms with E-state index < -0.39 is 5.60 Å². The average Bonchev–Trinajstić information content (AvgIpc) is 2.72. The summed E-state index contributed by atoms with van der Waals surface area (Å²) in [7, 11) is 0. The van der Waals surface area contributed by atoms with Crippen molar-refractivity contribution in [3.8, 4) is 11.6 Å². The molecule has 2 aliphatic rings. The van der Waals surface area contributed by atoms with Gasteiger partial charge in [-0.05, 0) is 68.5 Å². The molecule has 0 amide bonds. The zero-order valence-electron chi connectivity index (χ0n) is 16.8. The highest BCUT2D eigenvalue weighted by molar-refractivity contribution is 7.71. The number of rotatable bonds is 2. The SMILES string of the molecule is CC1(C)Oc2[nH]c(=S)[nH]c(=O)c2[C@H]2c3cc(N=Nc4ccc(Cl)cc4)ccc3OC[C@H]21. The molecule has 0 spiro atoms. The number of nitrogens with one attached hydrogen (secondary N) is 2. The molecule has 0 saturated heterocycles. The quantitative estimate of drug-likeness (QED) is 0.377. The minimum atomic E-state index is -0.567. The first-order valence-corrected chi connectivity index (χ1v) is 10.6. The number of aromatic nitrogens is 2. The van der Waals surface area contributed by atoms with Crippen LogP contribution in [0.25, 0.3) is 0 Å². The minimum absolute atomic E-state index is 0.0681. The van der Waals surface area contributed by atoms with Crippen LogP contribution in [0.4, 0.5) is 11.4 Å². The first kappa shape index (κ1) is 20.0. The fourth-order valence-corrected chi connectivity index (χ4v) is 4.54. The Labute approximate surface area is 188 Å². The Hall–Kier alpha value is -2.97. The third kappa shape index (κ3) is 3.55. The smallest absolute Gasteiger partial charge is 0.259 e. The molecule has 0 unspecified atom stereocenters. The first-order chi connectivity index (χ1) is 14.8. The highest BCUT2D eigenvalue weighted by Gasteiger charge is 2.49. The van der Waals surface area contributed by atoms with Crippen molar-refractivity contribution < 1.29 is 9.47 Å². The van der Waals surface area contributed by atoms with Crippen molar-refractivity contribution in [2.75, 3.05) is 6.61 Å². The zero-order valence-corrected chi connectivity index (χ0v) is 18.4. The maximum Gasteiger partial charge on any atom is 0.259 e. The molecule has 0 fully saturated rings. The Kier molecular flexibility index (Phi) is 4.71. The number of fused-ring (bicyclic) bond motifs is 5. The van der Waals surface area contributed by atoms with E-state index in [0.717, 1.165) is 11.3 Å². The summed E-state index contributed by atoms with van der Waals surface area (Å²) in [6, 6.07) is 12.7. The Morgan fingerprint density at radius 3 is 2.58 bits per heavy atom. The lowest BCUT2D eigenvalue weighted by molar-refractivity contribution is -0.0183. The Morgan fingerprint density at radius 2 is 1.81 bits per heavy atom. The molecule has 7 nitrogen and oxygen atoms in total. The summed E-state index contributed by atoms with van der Waals surface area (Å²) in [5, 5.41) is 9.29. The lowest BCUT2D eigenvalue weighted by atomic mass is 9.71. The summed E-state index contributed by atoms with van der Waals surface area (Å²) in [5.74, 6) is 0.823. The minimum Gasteiger partial charge on any atom is -0.493 e. The number of halogens is 1. The number of aromatic amines is 2. The van der Waals surface area contributed by atoms with E-state index in [1.807, 2.05) is 32.0 Å². The van der Waals surface area contributed by atoms with Crippen molar-refractivity contribution in [2.45, 2.75) is 25.4 Å². The third-order valence-electron chi connectivity index (χ3n) is 5.77. The van der Waals surface area contributed by atoms with Gasteiger partial charge >= 0.3 is 0 Å². The monoisotopic (exact) mass is 454 g/mol. The molecule has 2 N–H and O–H groups in total. The predicted octanol–water partition coefficient (Wildman–Crippen LogP) is 5.81. The lowest BCUT2D eigenvalue weighted by Crippen LogP contribution is -2.51. The fraction of sp³-hybridized carbons (Fsp3) is 0.273. The zero-order chi connectivity index (χ0) is 21.8. The third-order valence-corrected chi connectivity index (χ3v) is 6.23. The van der Waals surface area contributed by atoms with Crippen LogP contribution in [0.1, 0.15) is 30.9 Å². The first-order valence-electron chi connectivity index (χ1n) is 9.81. The molecular weight excluding hydrogens is 436 g/mol. The van der Waals surface area contributed by atoms with Crippen LogP contribution in [0.15, 0.2) is 57.5 Å². The van der Waals surface area contributed by atoms with Crippen molar-refractivity contribution in [1.29, 1.82) is 0 Å². The van der Waals surface area contributed by atoms with Crippen molar-refractivity contribution in [3.05, 3.63) is 73.7 Å². The van der Waals surface area contributed by atoms with Crippen LogP contribution >= 0.6 is 23.8 Å². The molecule has 0 saturated carbocycles. The summed E-state index contributed by atoms with van der Waals surface area (Å²) in [4.78, 5) is 18.6. The van der Waals surface area contributed by atoms with Crippen LogP contribution in [0.2, 0.25) is 5.02 Å². The van der Waals surface area contributed by atoms with Crippen LogP contribution in [-0.4, -0.2) is 22.2 Å². The van der Waals surface area contributed by atoms with Crippen LogP contribution < -0.4 is 15.0 Å². The molecule has 5 rings (SSSR count). The van der Waals surface area contributed by atoms with Crippen molar-refractivity contribution in [1.82, 2.24) is 9.97 Å². The maximum atomic E-state index is 12.9. The molecule has 0 aliphatic carbocycles.